The predicted octanol–water partition coefficient (Wildman–Crippen LogP) is 3.30. The van der Waals surface area contributed by atoms with Gasteiger partial charge in [-0.15, -0.1) is 11.3 Å². The number of aryl methyl sites for hydroxylation is 1. The van der Waals surface area contributed by atoms with E-state index in [1.165, 1.54) is 0 Å². The van der Waals surface area contributed by atoms with Crippen molar-refractivity contribution in [2.45, 2.75) is 20.5 Å². The third kappa shape index (κ3) is 3.46. The molecule has 5 heteroatoms. The summed E-state index contributed by atoms with van der Waals surface area (Å²) in [6, 6.07) is 7.26. The van der Waals surface area contributed by atoms with Crippen LogP contribution in [-0.4, -0.2) is 11.6 Å². The molecule has 0 spiro atoms. The number of nitriles is 1. The van der Waals surface area contributed by atoms with Gasteiger partial charge in [0.25, 0.3) is 0 Å². The molecule has 0 aliphatic rings. The molecule has 0 aliphatic carbocycles. The Bertz CT molecular complexity index is 602. The van der Waals surface area contributed by atoms with Gasteiger partial charge in [-0.2, -0.15) is 5.26 Å². The van der Waals surface area contributed by atoms with E-state index < -0.39 is 0 Å². The van der Waals surface area contributed by atoms with Gasteiger partial charge in [0.15, 0.2) is 11.5 Å². The highest BCUT2D eigenvalue weighted by atomic mass is 32.1. The molecule has 0 radical (unpaired) electrons. The summed E-state index contributed by atoms with van der Waals surface area (Å²) in [4.78, 5) is 5.24. The molecule has 1 aromatic heterocycles. The lowest BCUT2D eigenvalue weighted by molar-refractivity contribution is 0.271. The first-order chi connectivity index (χ1) is 9.22. The van der Waals surface area contributed by atoms with Crippen LogP contribution < -0.4 is 9.47 Å². The molecule has 0 saturated carbocycles. The van der Waals surface area contributed by atoms with Gasteiger partial charge < -0.3 is 9.47 Å². The third-order valence-corrected chi connectivity index (χ3v) is 3.30. The molecule has 19 heavy (non-hydrogen) atoms. The van der Waals surface area contributed by atoms with Crippen molar-refractivity contribution in [3.63, 3.8) is 0 Å². The maximum atomic E-state index is 8.88. The summed E-state index contributed by atoms with van der Waals surface area (Å²) in [5, 5.41) is 9.90. The van der Waals surface area contributed by atoms with Crippen LogP contribution in [0.1, 0.15) is 22.4 Å². The summed E-state index contributed by atoms with van der Waals surface area (Å²) in [7, 11) is 0. The second kappa shape index (κ2) is 6.21. The van der Waals surface area contributed by atoms with E-state index in [9.17, 15) is 0 Å². The second-order valence-electron chi connectivity index (χ2n) is 3.84. The summed E-state index contributed by atoms with van der Waals surface area (Å²) in [5.41, 5.74) is 0.560. The summed E-state index contributed by atoms with van der Waals surface area (Å²) in [6.07, 6.45) is 1.81. The van der Waals surface area contributed by atoms with Crippen LogP contribution in [0.2, 0.25) is 0 Å². The maximum absolute atomic E-state index is 8.88. The fourth-order valence-corrected chi connectivity index (χ4v) is 2.29. The lowest BCUT2D eigenvalue weighted by Gasteiger charge is -2.11. The number of benzene rings is 1. The average Bonchev–Trinajstić information content (AvgIpc) is 2.83. The van der Waals surface area contributed by atoms with Gasteiger partial charge in [-0.1, -0.05) is 0 Å². The van der Waals surface area contributed by atoms with Crippen molar-refractivity contribution in [1.29, 1.82) is 5.26 Å². The zero-order valence-corrected chi connectivity index (χ0v) is 11.7. The first kappa shape index (κ1) is 13.4. The average molecular weight is 274 g/mol. The van der Waals surface area contributed by atoms with Crippen molar-refractivity contribution in [2.75, 3.05) is 6.61 Å². The van der Waals surface area contributed by atoms with E-state index >= 15 is 0 Å². The minimum atomic E-state index is 0.456. The van der Waals surface area contributed by atoms with Crippen molar-refractivity contribution in [3.8, 4) is 17.6 Å². The number of ether oxygens (including phenoxy) is 2. The van der Waals surface area contributed by atoms with E-state index in [1.54, 1.807) is 29.5 Å². The Morgan fingerprint density at radius 1 is 1.32 bits per heavy atom. The van der Waals surface area contributed by atoms with Crippen molar-refractivity contribution < 1.29 is 9.47 Å². The SMILES string of the molecule is CCOc1cc(C#N)ccc1OCc1cnc(C)s1. The van der Waals surface area contributed by atoms with E-state index in [0.29, 0.717) is 30.3 Å². The molecule has 0 bridgehead atoms. The van der Waals surface area contributed by atoms with Crippen molar-refractivity contribution in [2.24, 2.45) is 0 Å². The molecule has 2 aromatic rings. The van der Waals surface area contributed by atoms with Gasteiger partial charge in [0.05, 0.1) is 28.1 Å². The molecule has 0 atom stereocenters. The minimum absolute atomic E-state index is 0.456. The Balaban J connectivity index is 2.12. The van der Waals surface area contributed by atoms with Gasteiger partial charge in [-0.05, 0) is 26.0 Å². The Hall–Kier alpha value is -2.06. The topological polar surface area (TPSA) is 55.1 Å². The second-order valence-corrected chi connectivity index (χ2v) is 5.16. The fraction of sp³-hybridized carbons (Fsp3) is 0.286. The smallest absolute Gasteiger partial charge is 0.162 e. The van der Waals surface area contributed by atoms with E-state index in [-0.39, 0.29) is 0 Å². The third-order valence-electron chi connectivity index (χ3n) is 2.41. The van der Waals surface area contributed by atoms with Crippen LogP contribution in [-0.2, 0) is 6.61 Å². The van der Waals surface area contributed by atoms with Gasteiger partial charge in [-0.25, -0.2) is 4.98 Å². The molecule has 0 saturated heterocycles. The van der Waals surface area contributed by atoms with E-state index in [1.807, 2.05) is 20.0 Å². The zero-order chi connectivity index (χ0) is 13.7. The first-order valence-corrected chi connectivity index (χ1v) is 6.75. The Morgan fingerprint density at radius 2 is 2.16 bits per heavy atom. The van der Waals surface area contributed by atoms with Gasteiger partial charge in [0.1, 0.15) is 6.61 Å². The van der Waals surface area contributed by atoms with Crippen LogP contribution in [0.15, 0.2) is 24.4 Å². The highest BCUT2D eigenvalue weighted by molar-refractivity contribution is 7.11. The highest BCUT2D eigenvalue weighted by Gasteiger charge is 2.07. The van der Waals surface area contributed by atoms with Crippen LogP contribution in [0, 0.1) is 18.3 Å². The monoisotopic (exact) mass is 274 g/mol. The quantitative estimate of drug-likeness (QED) is 0.839. The van der Waals surface area contributed by atoms with E-state index in [0.717, 1.165) is 9.88 Å². The highest BCUT2D eigenvalue weighted by Crippen LogP contribution is 2.29. The Labute approximate surface area is 116 Å². The number of aromatic nitrogens is 1. The van der Waals surface area contributed by atoms with Gasteiger partial charge >= 0.3 is 0 Å². The molecule has 2 rings (SSSR count). The number of hydrogen-bond acceptors (Lipinski definition) is 5. The number of hydrogen-bond donors (Lipinski definition) is 0. The van der Waals surface area contributed by atoms with Crippen LogP contribution in [0.4, 0.5) is 0 Å². The van der Waals surface area contributed by atoms with Crippen LogP contribution >= 0.6 is 11.3 Å². The van der Waals surface area contributed by atoms with Gasteiger partial charge in [0, 0.05) is 12.3 Å². The lowest BCUT2D eigenvalue weighted by Crippen LogP contribution is -1.99. The molecule has 0 N–H and O–H groups in total. The van der Waals surface area contributed by atoms with Crippen LogP contribution in [0.5, 0.6) is 11.5 Å². The fourth-order valence-electron chi connectivity index (χ4n) is 1.59. The van der Waals surface area contributed by atoms with Crippen LogP contribution in [0.25, 0.3) is 0 Å². The van der Waals surface area contributed by atoms with E-state index in [4.69, 9.17) is 14.7 Å². The van der Waals surface area contributed by atoms with Crippen LogP contribution in [0.3, 0.4) is 0 Å². The molecule has 98 valence electrons. The van der Waals surface area contributed by atoms with Crippen molar-refractivity contribution in [1.82, 2.24) is 4.98 Å². The zero-order valence-electron chi connectivity index (χ0n) is 10.8. The molecular formula is C14H14N2O2S. The first-order valence-electron chi connectivity index (χ1n) is 5.94. The minimum Gasteiger partial charge on any atom is -0.490 e. The molecular weight excluding hydrogens is 260 g/mol. The molecule has 1 aromatic carbocycles. The maximum Gasteiger partial charge on any atom is 0.162 e. The molecule has 4 nitrogen and oxygen atoms in total. The normalized spacial score (nSPS) is 9.95. The van der Waals surface area contributed by atoms with Crippen molar-refractivity contribution >= 4 is 11.3 Å². The summed E-state index contributed by atoms with van der Waals surface area (Å²) in [6.45, 7) is 4.85. The lowest BCUT2D eigenvalue weighted by atomic mass is 10.2. The molecule has 0 fully saturated rings. The molecule has 0 aliphatic heterocycles. The van der Waals surface area contributed by atoms with Gasteiger partial charge in [-0.3, -0.25) is 0 Å². The Morgan fingerprint density at radius 3 is 2.79 bits per heavy atom. The summed E-state index contributed by atoms with van der Waals surface area (Å²) in [5.74, 6) is 1.25. The Kier molecular flexibility index (Phi) is 4.37. The molecule has 0 unspecified atom stereocenters. The summed E-state index contributed by atoms with van der Waals surface area (Å²) < 4.78 is 11.2. The largest absolute Gasteiger partial charge is 0.490 e. The standard InChI is InChI=1S/C14H14N2O2S/c1-3-17-14-6-11(7-15)4-5-13(14)18-9-12-8-16-10(2)19-12/h4-6,8H,3,9H2,1-2H3. The summed E-state index contributed by atoms with van der Waals surface area (Å²) >= 11 is 1.60. The number of thiazole rings is 1. The van der Waals surface area contributed by atoms with Crippen molar-refractivity contribution in [3.05, 3.63) is 39.8 Å². The molecule has 1 heterocycles. The van der Waals surface area contributed by atoms with E-state index in [2.05, 4.69) is 11.1 Å². The number of nitrogens with zero attached hydrogens (tertiary/aromatic N) is 2. The predicted molar refractivity (Wildman–Crippen MR) is 73.5 cm³/mol. The van der Waals surface area contributed by atoms with Gasteiger partial charge in [0.2, 0.25) is 0 Å². The molecule has 0 amide bonds. The number of rotatable bonds is 5.